The van der Waals surface area contributed by atoms with E-state index in [1.54, 1.807) is 13.1 Å². The van der Waals surface area contributed by atoms with Crippen molar-refractivity contribution in [1.82, 2.24) is 9.24 Å². The Hall–Kier alpha value is -1.17. The lowest BCUT2D eigenvalue weighted by atomic mass is 10.1. The van der Waals surface area contributed by atoms with Crippen LogP contribution >= 0.6 is 12.6 Å². The number of nitrogens with zero attached hydrogens (tertiary/aromatic N) is 2. The van der Waals surface area contributed by atoms with Crippen LogP contribution in [0, 0.1) is 6.92 Å². The smallest absolute Gasteiger partial charge is 0.332 e. The lowest BCUT2D eigenvalue weighted by molar-refractivity contribution is 0.526. The molecule has 1 rings (SSSR count). The van der Waals surface area contributed by atoms with Gasteiger partial charge in [-0.15, -0.1) is 0 Å². The topological polar surface area (TPSA) is 70.0 Å². The molecule has 1 aromatic rings. The zero-order valence-electron chi connectivity index (χ0n) is 12.2. The highest BCUT2D eigenvalue weighted by atomic mass is 32.1. The van der Waals surface area contributed by atoms with Crippen LogP contribution in [0.3, 0.4) is 0 Å². The summed E-state index contributed by atoms with van der Waals surface area (Å²) in [6.07, 6.45) is 9.74. The maximum atomic E-state index is 11.8. The number of rotatable bonds is 9. The Kier molecular flexibility index (Phi) is 7.51. The van der Waals surface area contributed by atoms with E-state index in [1.807, 2.05) is 0 Å². The summed E-state index contributed by atoms with van der Waals surface area (Å²) in [6, 6.07) is 0. The fourth-order valence-electron chi connectivity index (χ4n) is 2.20. The number of hydrogen-bond donors (Lipinski definition) is 2. The van der Waals surface area contributed by atoms with Gasteiger partial charge in [-0.3, -0.25) is 9.36 Å². The normalized spacial score (nSPS) is 10.9. The SMILES string of the molecule is Cc1cn(CCCCCCCCCS)c(=O)n(N)c1=O. The highest BCUT2D eigenvalue weighted by molar-refractivity contribution is 7.80. The maximum absolute atomic E-state index is 11.8. The first-order valence-corrected chi connectivity index (χ1v) is 7.90. The Morgan fingerprint density at radius 1 is 1.05 bits per heavy atom. The van der Waals surface area contributed by atoms with Crippen LogP contribution in [0.1, 0.15) is 50.5 Å². The first-order chi connectivity index (χ1) is 9.57. The third kappa shape index (κ3) is 5.07. The molecule has 6 heteroatoms. The summed E-state index contributed by atoms with van der Waals surface area (Å²) >= 11 is 4.19. The molecule has 0 radical (unpaired) electrons. The van der Waals surface area contributed by atoms with Crippen molar-refractivity contribution in [3.05, 3.63) is 32.6 Å². The maximum Gasteiger partial charge on any atom is 0.349 e. The summed E-state index contributed by atoms with van der Waals surface area (Å²) in [7, 11) is 0. The first-order valence-electron chi connectivity index (χ1n) is 7.27. The molecule has 0 saturated carbocycles. The Labute approximate surface area is 125 Å². The van der Waals surface area contributed by atoms with Crippen molar-refractivity contribution in [2.75, 3.05) is 11.6 Å². The van der Waals surface area contributed by atoms with Crippen molar-refractivity contribution in [3.8, 4) is 0 Å². The van der Waals surface area contributed by atoms with Gasteiger partial charge in [0.25, 0.3) is 5.56 Å². The van der Waals surface area contributed by atoms with Crippen molar-refractivity contribution in [2.24, 2.45) is 0 Å². The van der Waals surface area contributed by atoms with E-state index in [9.17, 15) is 9.59 Å². The fraction of sp³-hybridized carbons (Fsp3) is 0.714. The Morgan fingerprint density at radius 2 is 1.60 bits per heavy atom. The zero-order chi connectivity index (χ0) is 15.0. The van der Waals surface area contributed by atoms with Gasteiger partial charge in [-0.05, 0) is 25.5 Å². The van der Waals surface area contributed by atoms with Gasteiger partial charge >= 0.3 is 5.69 Å². The fourth-order valence-corrected chi connectivity index (χ4v) is 2.42. The molecule has 2 N–H and O–H groups in total. The van der Waals surface area contributed by atoms with Gasteiger partial charge in [0, 0.05) is 18.3 Å². The molecule has 114 valence electrons. The lowest BCUT2D eigenvalue weighted by Gasteiger charge is -2.08. The molecule has 5 nitrogen and oxygen atoms in total. The molecule has 0 spiro atoms. The van der Waals surface area contributed by atoms with Crippen LogP contribution in [0.2, 0.25) is 0 Å². The summed E-state index contributed by atoms with van der Waals surface area (Å²) in [5.41, 5.74) is -0.358. The Balaban J connectivity index is 2.33. The molecule has 1 aromatic heterocycles. The average molecular weight is 299 g/mol. The summed E-state index contributed by atoms with van der Waals surface area (Å²) < 4.78 is 2.21. The second-order valence-corrected chi connectivity index (χ2v) is 5.61. The van der Waals surface area contributed by atoms with Gasteiger partial charge < -0.3 is 5.84 Å². The molecule has 0 saturated heterocycles. The number of aromatic nitrogens is 2. The van der Waals surface area contributed by atoms with Crippen molar-refractivity contribution in [3.63, 3.8) is 0 Å². The molecule has 0 bridgehead atoms. The molecule has 0 amide bonds. The molecule has 0 aromatic carbocycles. The van der Waals surface area contributed by atoms with E-state index in [-0.39, 0.29) is 0 Å². The van der Waals surface area contributed by atoms with E-state index in [2.05, 4.69) is 12.6 Å². The van der Waals surface area contributed by atoms with Crippen molar-refractivity contribution in [1.29, 1.82) is 0 Å². The number of hydrogen-bond acceptors (Lipinski definition) is 4. The van der Waals surface area contributed by atoms with Crippen LogP contribution in [0.15, 0.2) is 15.8 Å². The largest absolute Gasteiger partial charge is 0.349 e. The van der Waals surface area contributed by atoms with Crippen molar-refractivity contribution >= 4 is 12.6 Å². The van der Waals surface area contributed by atoms with E-state index >= 15 is 0 Å². The molecule has 20 heavy (non-hydrogen) atoms. The van der Waals surface area contributed by atoms with E-state index < -0.39 is 11.2 Å². The van der Waals surface area contributed by atoms with Crippen LogP contribution in [0.4, 0.5) is 0 Å². The van der Waals surface area contributed by atoms with Crippen molar-refractivity contribution in [2.45, 2.75) is 58.4 Å². The quantitative estimate of drug-likeness (QED) is 0.414. The molecule has 0 fully saturated rings. The third-order valence-corrected chi connectivity index (χ3v) is 3.73. The number of unbranched alkanes of at least 4 members (excludes halogenated alkanes) is 6. The minimum absolute atomic E-state index is 0.421. The molecule has 0 unspecified atom stereocenters. The van der Waals surface area contributed by atoms with Crippen LogP contribution in [0.25, 0.3) is 0 Å². The number of nitrogen functional groups attached to an aromatic ring is 1. The first kappa shape index (κ1) is 16.9. The van der Waals surface area contributed by atoms with E-state index in [0.29, 0.717) is 16.8 Å². The second-order valence-electron chi connectivity index (χ2n) is 5.16. The van der Waals surface area contributed by atoms with Gasteiger partial charge in [0.05, 0.1) is 0 Å². The Bertz CT molecular complexity index is 522. The average Bonchev–Trinajstić information content (AvgIpc) is 2.44. The van der Waals surface area contributed by atoms with Gasteiger partial charge in [0.2, 0.25) is 0 Å². The van der Waals surface area contributed by atoms with Crippen LogP contribution in [-0.2, 0) is 6.54 Å². The third-order valence-electron chi connectivity index (χ3n) is 3.41. The summed E-state index contributed by atoms with van der Waals surface area (Å²) in [6.45, 7) is 2.29. The molecule has 0 aliphatic rings. The van der Waals surface area contributed by atoms with Crippen molar-refractivity contribution < 1.29 is 0 Å². The zero-order valence-corrected chi connectivity index (χ0v) is 13.1. The summed E-state index contributed by atoms with van der Waals surface area (Å²) in [5.74, 6) is 6.42. The minimum atomic E-state index is -0.436. The number of aryl methyl sites for hydroxylation is 2. The number of thiol groups is 1. The van der Waals surface area contributed by atoms with Gasteiger partial charge in [0.15, 0.2) is 0 Å². The highest BCUT2D eigenvalue weighted by Gasteiger charge is 2.05. The predicted octanol–water partition coefficient (Wildman–Crippen LogP) is 1.69. The minimum Gasteiger partial charge on any atom is -0.332 e. The van der Waals surface area contributed by atoms with Gasteiger partial charge in [-0.1, -0.05) is 32.1 Å². The van der Waals surface area contributed by atoms with E-state index in [1.165, 1.54) is 36.7 Å². The molecule has 0 atom stereocenters. The van der Waals surface area contributed by atoms with E-state index in [0.717, 1.165) is 18.6 Å². The molecular weight excluding hydrogens is 274 g/mol. The predicted molar refractivity (Wildman–Crippen MR) is 86.0 cm³/mol. The molecule has 0 aliphatic heterocycles. The summed E-state index contributed by atoms with van der Waals surface area (Å²) in [4.78, 5) is 23.2. The molecule has 0 aliphatic carbocycles. The number of nitrogens with two attached hydrogens (primary N) is 1. The second kappa shape index (κ2) is 8.89. The summed E-state index contributed by atoms with van der Waals surface area (Å²) in [5, 5.41) is 0. The highest BCUT2D eigenvalue weighted by Crippen LogP contribution is 2.08. The van der Waals surface area contributed by atoms with Crippen LogP contribution in [-0.4, -0.2) is 15.0 Å². The van der Waals surface area contributed by atoms with Gasteiger partial charge in [0.1, 0.15) is 0 Å². The van der Waals surface area contributed by atoms with E-state index in [4.69, 9.17) is 5.84 Å². The van der Waals surface area contributed by atoms with Crippen LogP contribution < -0.4 is 17.1 Å². The Morgan fingerprint density at radius 3 is 2.20 bits per heavy atom. The van der Waals surface area contributed by atoms with Crippen LogP contribution in [0.5, 0.6) is 0 Å². The monoisotopic (exact) mass is 299 g/mol. The molecule has 1 heterocycles. The van der Waals surface area contributed by atoms with Gasteiger partial charge in [-0.2, -0.15) is 17.3 Å². The lowest BCUT2D eigenvalue weighted by Crippen LogP contribution is -2.45. The standard InChI is InChI=1S/C14H25N3O2S/c1-12-11-16(14(19)17(15)13(12)18)9-7-5-3-2-4-6-8-10-20/h11,20H,2-10,15H2,1H3. The molecular formula is C14H25N3O2S. The van der Waals surface area contributed by atoms with Gasteiger partial charge in [-0.25, -0.2) is 4.79 Å².